The average molecular weight is 562 g/mol. The molecule has 0 saturated carbocycles. The van der Waals surface area contributed by atoms with Crippen molar-refractivity contribution in [2.75, 3.05) is 5.32 Å². The van der Waals surface area contributed by atoms with Gasteiger partial charge in [-0.05, 0) is 48.0 Å². The van der Waals surface area contributed by atoms with Gasteiger partial charge in [0.1, 0.15) is 23.1 Å². The van der Waals surface area contributed by atoms with Crippen LogP contribution in [0.25, 0.3) is 10.9 Å². The molecular weight excluding hydrogens is 549 g/mol. The third-order valence-electron chi connectivity index (χ3n) is 6.05. The molecule has 0 bridgehead atoms. The second-order valence-electron chi connectivity index (χ2n) is 8.45. The third kappa shape index (κ3) is 4.21. The number of carbonyl (C=O) groups excluding carboxylic acids is 2. The Hall–Kier alpha value is -4.14. The first kappa shape index (κ1) is 25.5. The molecule has 0 fully saturated rings. The normalized spacial score (nSPS) is 14.8. The molecule has 5 rings (SSSR count). The number of nitrogens with one attached hydrogen (secondary N) is 2. The van der Waals surface area contributed by atoms with E-state index in [4.69, 9.17) is 23.2 Å². The van der Waals surface area contributed by atoms with Gasteiger partial charge in [0.2, 0.25) is 0 Å². The van der Waals surface area contributed by atoms with Crippen LogP contribution in [0.3, 0.4) is 0 Å². The number of aryl methyl sites for hydroxylation is 1. The number of rotatable bonds is 3. The van der Waals surface area contributed by atoms with Crippen LogP contribution in [0.5, 0.6) is 0 Å². The molecule has 2 N–H and O–H groups in total. The molecule has 1 aliphatic heterocycles. The van der Waals surface area contributed by atoms with Gasteiger partial charge in [0, 0.05) is 39.3 Å². The van der Waals surface area contributed by atoms with Crippen LogP contribution in [0.1, 0.15) is 49.1 Å². The molecule has 2 heterocycles. The van der Waals surface area contributed by atoms with E-state index in [1.54, 1.807) is 0 Å². The number of nitrogens with zero attached hydrogens (tertiary/aromatic N) is 3. The third-order valence-corrected chi connectivity index (χ3v) is 6.63. The first-order valence-electron chi connectivity index (χ1n) is 10.8. The van der Waals surface area contributed by atoms with Gasteiger partial charge in [-0.25, -0.2) is 4.39 Å². The summed E-state index contributed by atoms with van der Waals surface area (Å²) in [5.41, 5.74) is -1.10. The van der Waals surface area contributed by atoms with Crippen molar-refractivity contribution in [2.45, 2.75) is 12.2 Å². The highest BCUT2D eigenvalue weighted by molar-refractivity contribution is 6.33. The minimum Gasteiger partial charge on any atom is -0.340 e. The van der Waals surface area contributed by atoms with E-state index in [-0.39, 0.29) is 44.5 Å². The molecule has 3 aromatic carbocycles. The molecule has 192 valence electrons. The van der Waals surface area contributed by atoms with Gasteiger partial charge in [-0.2, -0.15) is 23.5 Å². The maximum absolute atomic E-state index is 14.0. The van der Waals surface area contributed by atoms with Crippen LogP contribution < -0.4 is 10.6 Å². The second-order valence-corrected chi connectivity index (χ2v) is 9.29. The Labute approximate surface area is 221 Å². The van der Waals surface area contributed by atoms with Gasteiger partial charge in [-0.3, -0.25) is 14.3 Å². The summed E-state index contributed by atoms with van der Waals surface area (Å²) in [6, 6.07) is 8.23. The van der Waals surface area contributed by atoms with E-state index in [1.165, 1.54) is 36.0 Å². The SMILES string of the molecule is Cn1nc2c(C#N)cc(NC(=O)c3cc(F)cc(C(F)(F)F)c3)c3c2c1C(=O)N[C@H]3c1cc(Cl)ccc1Cl. The minimum absolute atomic E-state index is 0.0123. The van der Waals surface area contributed by atoms with E-state index in [2.05, 4.69) is 15.7 Å². The zero-order valence-electron chi connectivity index (χ0n) is 19.0. The van der Waals surface area contributed by atoms with Crippen molar-refractivity contribution in [2.24, 2.45) is 7.05 Å². The first-order valence-corrected chi connectivity index (χ1v) is 11.5. The summed E-state index contributed by atoms with van der Waals surface area (Å²) in [5, 5.41) is 20.1. The number of hydrogen-bond acceptors (Lipinski definition) is 4. The summed E-state index contributed by atoms with van der Waals surface area (Å²) in [5.74, 6) is -2.88. The number of benzene rings is 3. The average Bonchev–Trinajstić information content (AvgIpc) is 3.20. The predicted molar refractivity (Wildman–Crippen MR) is 131 cm³/mol. The molecule has 2 amide bonds. The zero-order chi connectivity index (χ0) is 27.5. The molecule has 38 heavy (non-hydrogen) atoms. The number of amides is 2. The zero-order valence-corrected chi connectivity index (χ0v) is 20.6. The highest BCUT2D eigenvalue weighted by atomic mass is 35.5. The number of nitriles is 1. The van der Waals surface area contributed by atoms with Crippen molar-refractivity contribution >= 4 is 51.6 Å². The van der Waals surface area contributed by atoms with Crippen LogP contribution in [0, 0.1) is 17.1 Å². The largest absolute Gasteiger partial charge is 0.416 e. The van der Waals surface area contributed by atoms with Crippen molar-refractivity contribution in [3.05, 3.63) is 91.8 Å². The maximum Gasteiger partial charge on any atom is 0.416 e. The molecule has 1 aliphatic rings. The van der Waals surface area contributed by atoms with E-state index in [1.807, 2.05) is 6.07 Å². The topological polar surface area (TPSA) is 99.8 Å². The van der Waals surface area contributed by atoms with Crippen LogP contribution in [0.2, 0.25) is 10.0 Å². The Kier molecular flexibility index (Phi) is 6.04. The molecule has 0 saturated heterocycles. The lowest BCUT2D eigenvalue weighted by atomic mass is 9.88. The first-order chi connectivity index (χ1) is 17.9. The molecule has 0 spiro atoms. The quantitative estimate of drug-likeness (QED) is 0.300. The lowest BCUT2D eigenvalue weighted by Crippen LogP contribution is -2.35. The van der Waals surface area contributed by atoms with Crippen molar-refractivity contribution < 1.29 is 27.2 Å². The number of halogens is 6. The van der Waals surface area contributed by atoms with Crippen molar-refractivity contribution in [3.8, 4) is 6.07 Å². The fraction of sp³-hybridized carbons (Fsp3) is 0.120. The smallest absolute Gasteiger partial charge is 0.340 e. The second kappa shape index (κ2) is 9.01. The van der Waals surface area contributed by atoms with Gasteiger partial charge in [0.25, 0.3) is 11.8 Å². The number of anilines is 1. The Morgan fingerprint density at radius 1 is 1.18 bits per heavy atom. The molecule has 0 unspecified atom stereocenters. The van der Waals surface area contributed by atoms with Crippen molar-refractivity contribution in [1.82, 2.24) is 15.1 Å². The van der Waals surface area contributed by atoms with E-state index >= 15 is 0 Å². The maximum atomic E-state index is 14.0. The van der Waals surface area contributed by atoms with Crippen molar-refractivity contribution in [3.63, 3.8) is 0 Å². The van der Waals surface area contributed by atoms with E-state index in [0.717, 1.165) is 0 Å². The van der Waals surface area contributed by atoms with Gasteiger partial charge < -0.3 is 10.6 Å². The van der Waals surface area contributed by atoms with E-state index in [9.17, 15) is 32.4 Å². The molecule has 7 nitrogen and oxygen atoms in total. The molecule has 0 radical (unpaired) electrons. The minimum atomic E-state index is -4.89. The lowest BCUT2D eigenvalue weighted by Gasteiger charge is -2.28. The highest BCUT2D eigenvalue weighted by Gasteiger charge is 2.36. The fourth-order valence-electron chi connectivity index (χ4n) is 4.46. The number of alkyl halides is 3. The summed E-state index contributed by atoms with van der Waals surface area (Å²) in [6.45, 7) is 0. The summed E-state index contributed by atoms with van der Waals surface area (Å²) in [6.07, 6.45) is -4.89. The number of aromatic nitrogens is 2. The summed E-state index contributed by atoms with van der Waals surface area (Å²) in [4.78, 5) is 26.2. The predicted octanol–water partition coefficient (Wildman–Crippen LogP) is 5.99. The fourth-order valence-corrected chi connectivity index (χ4v) is 4.87. The molecule has 4 aromatic rings. The molecule has 0 aliphatic carbocycles. The van der Waals surface area contributed by atoms with Crippen LogP contribution in [-0.4, -0.2) is 21.6 Å². The Morgan fingerprint density at radius 2 is 1.92 bits per heavy atom. The standard InChI is InChI=1S/C25H13Cl2F4N5O2/c1-36-22-19-18(21(34-24(22)38)15-8-13(26)2-3-16(15)27)17(6-11(9-32)20(19)35-36)33-23(37)10-4-12(25(29,30)31)7-14(28)5-10/h2-8,21H,1H3,(H,33,37)(H,34,38)/t21-/m0/s1. The Morgan fingerprint density at radius 3 is 2.61 bits per heavy atom. The Bertz CT molecular complexity index is 1730. The van der Waals surface area contributed by atoms with Crippen LogP contribution in [-0.2, 0) is 13.2 Å². The van der Waals surface area contributed by atoms with Gasteiger partial charge in [-0.15, -0.1) is 0 Å². The van der Waals surface area contributed by atoms with E-state index in [0.29, 0.717) is 22.7 Å². The van der Waals surface area contributed by atoms with Gasteiger partial charge in [0.15, 0.2) is 0 Å². The summed E-state index contributed by atoms with van der Waals surface area (Å²) >= 11 is 12.6. The van der Waals surface area contributed by atoms with Crippen molar-refractivity contribution in [1.29, 1.82) is 5.26 Å². The van der Waals surface area contributed by atoms with Crippen LogP contribution in [0.15, 0.2) is 42.5 Å². The van der Waals surface area contributed by atoms with Gasteiger partial charge >= 0.3 is 6.18 Å². The molecule has 1 atom stereocenters. The van der Waals surface area contributed by atoms with Crippen LogP contribution >= 0.6 is 23.2 Å². The monoisotopic (exact) mass is 561 g/mol. The Balaban J connectivity index is 1.74. The van der Waals surface area contributed by atoms with Gasteiger partial charge in [-0.1, -0.05) is 23.2 Å². The lowest BCUT2D eigenvalue weighted by molar-refractivity contribution is -0.137. The van der Waals surface area contributed by atoms with E-state index < -0.39 is 41.0 Å². The summed E-state index contributed by atoms with van der Waals surface area (Å²) < 4.78 is 54.9. The number of carbonyl (C=O) groups is 2. The highest BCUT2D eigenvalue weighted by Crippen LogP contribution is 2.43. The molecular formula is C25H13Cl2F4N5O2. The van der Waals surface area contributed by atoms with Crippen LogP contribution in [0.4, 0.5) is 23.2 Å². The van der Waals surface area contributed by atoms with Gasteiger partial charge in [0.05, 0.1) is 17.2 Å². The number of hydrogen-bond donors (Lipinski definition) is 2. The summed E-state index contributed by atoms with van der Waals surface area (Å²) in [7, 11) is 1.50. The molecule has 1 aromatic heterocycles. The molecule has 13 heteroatoms.